The van der Waals surface area contributed by atoms with E-state index < -0.39 is 27.6 Å². The topological polar surface area (TPSA) is 75.5 Å². The number of nitrogens with zero attached hydrogens (tertiary/aromatic N) is 2. The number of hydrogen-bond acceptors (Lipinski definition) is 4. The van der Waals surface area contributed by atoms with Crippen LogP contribution in [0.2, 0.25) is 5.02 Å². The molecule has 2 rings (SSSR count). The lowest BCUT2D eigenvalue weighted by Gasteiger charge is -2.19. The molecule has 1 N–H and O–H groups in total. The van der Waals surface area contributed by atoms with E-state index >= 15 is 0 Å². The van der Waals surface area contributed by atoms with Gasteiger partial charge in [0.1, 0.15) is 5.69 Å². The molecule has 0 aromatic heterocycles. The van der Waals surface area contributed by atoms with Gasteiger partial charge in [-0.25, -0.2) is 0 Å². The quantitative estimate of drug-likeness (QED) is 0.611. The van der Waals surface area contributed by atoms with Crippen molar-refractivity contribution in [2.45, 2.75) is 6.18 Å². The fraction of sp³-hybridized carbons (Fsp3) is 0.188. The second-order valence-corrected chi connectivity index (χ2v) is 5.75. The highest BCUT2D eigenvalue weighted by molar-refractivity contribution is 6.31. The minimum Gasteiger partial charge on any atom is -0.360 e. The summed E-state index contributed by atoms with van der Waals surface area (Å²) in [6.45, 7) is -0.297. The molecule has 0 aliphatic rings. The van der Waals surface area contributed by atoms with Crippen molar-refractivity contribution in [1.82, 2.24) is 0 Å². The van der Waals surface area contributed by atoms with Gasteiger partial charge >= 0.3 is 6.18 Å². The maximum Gasteiger partial charge on any atom is 0.417 e. The number of carbonyl (C=O) groups is 1. The Morgan fingerprint density at radius 2 is 1.92 bits per heavy atom. The third-order valence-corrected chi connectivity index (χ3v) is 3.76. The Hall–Kier alpha value is -2.81. The van der Waals surface area contributed by atoms with E-state index in [0.29, 0.717) is 0 Å². The van der Waals surface area contributed by atoms with Gasteiger partial charge in [-0.1, -0.05) is 23.7 Å². The zero-order valence-electron chi connectivity index (χ0n) is 13.4. The molecule has 0 atom stereocenters. The Morgan fingerprint density at radius 3 is 2.54 bits per heavy atom. The summed E-state index contributed by atoms with van der Waals surface area (Å²) in [7, 11) is 1.46. The van der Waals surface area contributed by atoms with Gasteiger partial charge < -0.3 is 10.2 Å². The van der Waals surface area contributed by atoms with Gasteiger partial charge in [0.15, 0.2) is 0 Å². The van der Waals surface area contributed by atoms with Crippen LogP contribution in [0.5, 0.6) is 0 Å². The smallest absolute Gasteiger partial charge is 0.360 e. The van der Waals surface area contributed by atoms with E-state index in [-0.39, 0.29) is 23.6 Å². The van der Waals surface area contributed by atoms with Crippen molar-refractivity contribution in [1.29, 1.82) is 0 Å². The summed E-state index contributed by atoms with van der Waals surface area (Å²) in [6, 6.07) is 8.82. The van der Waals surface area contributed by atoms with Crippen LogP contribution in [0.15, 0.2) is 42.5 Å². The third kappa shape index (κ3) is 4.63. The minimum absolute atomic E-state index is 0.0808. The van der Waals surface area contributed by atoms with Gasteiger partial charge in [0.05, 0.1) is 22.1 Å². The highest BCUT2D eigenvalue weighted by Crippen LogP contribution is 2.36. The van der Waals surface area contributed by atoms with Crippen molar-refractivity contribution >= 4 is 34.6 Å². The van der Waals surface area contributed by atoms with Crippen molar-refractivity contribution in [3.05, 3.63) is 63.2 Å². The summed E-state index contributed by atoms with van der Waals surface area (Å²) in [5.41, 5.74) is -1.12. The largest absolute Gasteiger partial charge is 0.417 e. The molecule has 0 bridgehead atoms. The zero-order chi connectivity index (χ0) is 19.5. The Bertz CT molecular complexity index is 843. The lowest BCUT2D eigenvalue weighted by molar-refractivity contribution is -0.384. The first-order chi connectivity index (χ1) is 12.1. The monoisotopic (exact) mass is 387 g/mol. The fourth-order valence-corrected chi connectivity index (χ4v) is 2.49. The molecular formula is C16H13ClF3N3O3. The second-order valence-electron chi connectivity index (χ2n) is 5.34. The van der Waals surface area contributed by atoms with Gasteiger partial charge in [-0.15, -0.1) is 0 Å². The third-order valence-electron chi connectivity index (χ3n) is 3.43. The lowest BCUT2D eigenvalue weighted by Crippen LogP contribution is -2.30. The fourth-order valence-electron chi connectivity index (χ4n) is 2.26. The number of nitrogens with one attached hydrogen (secondary N) is 1. The van der Waals surface area contributed by atoms with Crippen molar-refractivity contribution in [3.8, 4) is 0 Å². The zero-order valence-corrected chi connectivity index (χ0v) is 14.1. The van der Waals surface area contributed by atoms with Crippen LogP contribution in [0, 0.1) is 10.1 Å². The summed E-state index contributed by atoms with van der Waals surface area (Å²) in [4.78, 5) is 23.9. The number of rotatable bonds is 5. The van der Waals surface area contributed by atoms with E-state index in [1.165, 1.54) is 36.2 Å². The minimum atomic E-state index is -4.65. The van der Waals surface area contributed by atoms with E-state index in [4.69, 9.17) is 11.6 Å². The molecule has 6 nitrogen and oxygen atoms in total. The number of nitro groups is 1. The number of benzene rings is 2. The lowest BCUT2D eigenvalue weighted by atomic mass is 10.2. The molecule has 0 fully saturated rings. The van der Waals surface area contributed by atoms with E-state index in [0.717, 1.165) is 12.1 Å². The van der Waals surface area contributed by atoms with Gasteiger partial charge in [0.25, 0.3) is 5.69 Å². The number of halogens is 4. The Kier molecular flexibility index (Phi) is 5.71. The number of carbonyl (C=O) groups excluding carboxylic acids is 1. The summed E-state index contributed by atoms with van der Waals surface area (Å²) in [6.07, 6.45) is -4.65. The molecule has 2 aromatic rings. The number of para-hydroxylation sites is 2. The molecule has 10 heteroatoms. The van der Waals surface area contributed by atoms with Crippen molar-refractivity contribution in [3.63, 3.8) is 0 Å². The van der Waals surface area contributed by atoms with Crippen molar-refractivity contribution < 1.29 is 22.9 Å². The molecule has 0 aliphatic heterocycles. The van der Waals surface area contributed by atoms with Gasteiger partial charge in [-0.05, 0) is 24.3 Å². The number of amides is 1. The predicted octanol–water partition coefficient (Wildman–Crippen LogP) is 4.34. The molecule has 0 saturated heterocycles. The normalized spacial score (nSPS) is 11.1. The van der Waals surface area contributed by atoms with Gasteiger partial charge in [0.2, 0.25) is 5.91 Å². The van der Waals surface area contributed by atoms with Crippen LogP contribution in [0.4, 0.5) is 30.2 Å². The van der Waals surface area contributed by atoms with Gasteiger partial charge in [0, 0.05) is 18.8 Å². The number of alkyl halides is 3. The van der Waals surface area contributed by atoms with E-state index in [9.17, 15) is 28.1 Å². The molecule has 0 heterocycles. The molecule has 1 amide bonds. The summed E-state index contributed by atoms with van der Waals surface area (Å²) in [5, 5.41) is 12.9. The molecule has 138 valence electrons. The summed E-state index contributed by atoms with van der Waals surface area (Å²) in [5.74, 6) is -0.638. The van der Waals surface area contributed by atoms with E-state index in [1.54, 1.807) is 6.07 Å². The maximum absolute atomic E-state index is 12.8. The molecule has 0 unspecified atom stereocenters. The Balaban J connectivity index is 2.13. The van der Waals surface area contributed by atoms with Crippen LogP contribution in [0.3, 0.4) is 0 Å². The van der Waals surface area contributed by atoms with Crippen LogP contribution in [0.25, 0.3) is 0 Å². The van der Waals surface area contributed by atoms with Crippen LogP contribution in [-0.4, -0.2) is 24.4 Å². The number of likely N-dealkylation sites (N-methyl/N-ethyl adjacent to an activating group) is 1. The average Bonchev–Trinajstić information content (AvgIpc) is 2.55. The molecule has 0 saturated carbocycles. The van der Waals surface area contributed by atoms with E-state index in [1.807, 2.05) is 0 Å². The number of anilines is 2. The Labute approximate surface area is 151 Å². The molecule has 0 radical (unpaired) electrons. The van der Waals surface area contributed by atoms with Crippen molar-refractivity contribution in [2.75, 3.05) is 23.8 Å². The van der Waals surface area contributed by atoms with Crippen LogP contribution >= 0.6 is 11.6 Å². The van der Waals surface area contributed by atoms with Crippen LogP contribution in [-0.2, 0) is 11.0 Å². The summed E-state index contributed by atoms with van der Waals surface area (Å²) >= 11 is 5.52. The van der Waals surface area contributed by atoms with E-state index in [2.05, 4.69) is 5.32 Å². The highest BCUT2D eigenvalue weighted by atomic mass is 35.5. The van der Waals surface area contributed by atoms with Crippen LogP contribution in [0.1, 0.15) is 5.56 Å². The second kappa shape index (κ2) is 7.61. The van der Waals surface area contributed by atoms with Crippen molar-refractivity contribution in [2.24, 2.45) is 0 Å². The standard InChI is InChI=1S/C16H13ClF3N3O3/c1-22(13-4-2-3-5-14(13)23(25)26)9-15(24)21-10-6-7-12(17)11(8-10)16(18,19)20/h2-8H,9H2,1H3,(H,21,24). The SMILES string of the molecule is CN(CC(=O)Nc1ccc(Cl)c(C(F)(F)F)c1)c1ccccc1[N+](=O)[O-]. The molecule has 0 aliphatic carbocycles. The highest BCUT2D eigenvalue weighted by Gasteiger charge is 2.33. The molecular weight excluding hydrogens is 375 g/mol. The van der Waals surface area contributed by atoms with Crippen LogP contribution < -0.4 is 10.2 Å². The van der Waals surface area contributed by atoms with Gasteiger partial charge in [-0.2, -0.15) is 13.2 Å². The first-order valence-electron chi connectivity index (χ1n) is 7.20. The Morgan fingerprint density at radius 1 is 1.27 bits per heavy atom. The summed E-state index contributed by atoms with van der Waals surface area (Å²) < 4.78 is 38.5. The first kappa shape index (κ1) is 19.5. The first-order valence-corrected chi connectivity index (χ1v) is 7.58. The predicted molar refractivity (Wildman–Crippen MR) is 91.5 cm³/mol. The maximum atomic E-state index is 12.8. The number of hydrogen-bond donors (Lipinski definition) is 1. The molecule has 0 spiro atoms. The molecule has 2 aromatic carbocycles. The van der Waals surface area contributed by atoms with Gasteiger partial charge in [-0.3, -0.25) is 14.9 Å². The average molecular weight is 388 g/mol. The molecule has 26 heavy (non-hydrogen) atoms. The number of nitro benzene ring substituents is 1.